The van der Waals surface area contributed by atoms with Crippen molar-refractivity contribution in [3.05, 3.63) is 90.8 Å². The van der Waals surface area contributed by atoms with E-state index >= 15 is 0 Å². The molecule has 1 atom stereocenters. The third-order valence-corrected chi connectivity index (χ3v) is 6.38. The third kappa shape index (κ3) is 7.65. The Balaban J connectivity index is 1.98. The summed E-state index contributed by atoms with van der Waals surface area (Å²) in [5.41, 5.74) is 0.226. The number of carbonyl (C=O) groups excluding carboxylic acids is 1. The predicted octanol–water partition coefficient (Wildman–Crippen LogP) is 8.83. The Morgan fingerprint density at radius 2 is 1.56 bits per heavy atom. The zero-order chi connectivity index (χ0) is 29.3. The van der Waals surface area contributed by atoms with Gasteiger partial charge in [-0.15, -0.1) is 0 Å². The summed E-state index contributed by atoms with van der Waals surface area (Å²) < 4.78 is 97.6. The Morgan fingerprint density at radius 1 is 0.949 bits per heavy atom. The highest BCUT2D eigenvalue weighted by molar-refractivity contribution is 6.48. The van der Waals surface area contributed by atoms with E-state index in [0.717, 1.165) is 18.2 Å². The quantitative estimate of drug-likeness (QED) is 0.123. The highest BCUT2D eigenvalue weighted by Crippen LogP contribution is 2.42. The van der Waals surface area contributed by atoms with Crippen molar-refractivity contribution < 1.29 is 35.5 Å². The van der Waals surface area contributed by atoms with Crippen LogP contribution in [0.1, 0.15) is 38.8 Å². The summed E-state index contributed by atoms with van der Waals surface area (Å²) in [5, 5.41) is -0.930. The lowest BCUT2D eigenvalue weighted by molar-refractivity contribution is -0.140. The van der Waals surface area contributed by atoms with E-state index in [-0.39, 0.29) is 44.0 Å². The number of rotatable bonds is 6. The minimum absolute atomic E-state index is 0.0119. The summed E-state index contributed by atoms with van der Waals surface area (Å²) in [4.78, 5) is 20.1. The third-order valence-electron chi connectivity index (χ3n) is 4.99. The van der Waals surface area contributed by atoms with Crippen molar-refractivity contribution in [2.45, 2.75) is 25.2 Å². The van der Waals surface area contributed by atoms with Gasteiger partial charge in [-0.2, -0.15) is 26.3 Å². The summed E-state index contributed by atoms with van der Waals surface area (Å²) in [6.45, 7) is 1.47. The van der Waals surface area contributed by atoms with Crippen LogP contribution in [0.2, 0.25) is 20.2 Å². The number of aryl methyl sites for hydroxylation is 1. The van der Waals surface area contributed by atoms with E-state index in [9.17, 15) is 35.5 Å². The van der Waals surface area contributed by atoms with Gasteiger partial charge in [0.15, 0.2) is 0 Å². The second-order valence-corrected chi connectivity index (χ2v) is 9.37. The number of amides is 1. The molecule has 0 saturated heterocycles. The van der Waals surface area contributed by atoms with Crippen molar-refractivity contribution in [2.24, 2.45) is 0 Å². The molecule has 3 rings (SSSR count). The fourth-order valence-corrected chi connectivity index (χ4v) is 4.12. The molecule has 0 bridgehead atoms. The summed E-state index contributed by atoms with van der Waals surface area (Å²) in [7, 11) is 0. The molecule has 0 aliphatic rings. The number of nitrogens with one attached hydrogen (secondary N) is 2. The maximum absolute atomic E-state index is 15.0. The van der Waals surface area contributed by atoms with Crippen molar-refractivity contribution in [3.8, 4) is 0 Å². The largest absolute Gasteiger partial charge is 0.417 e. The summed E-state index contributed by atoms with van der Waals surface area (Å²) in [6, 6.07) is 4.34. The molecule has 0 aliphatic carbocycles. The zero-order valence-corrected chi connectivity index (χ0v) is 22.1. The van der Waals surface area contributed by atoms with Crippen molar-refractivity contribution >= 4 is 64.0 Å². The SMILES string of the molecule is Cc1nc(Cl)cc(NNC(=O)c2ccc(/C(F)=C/C(c3cc(Cl)c(Cl)c(Cl)c3)C(F)(F)F)cc2C(F)(F)F)n1. The van der Waals surface area contributed by atoms with Crippen LogP contribution < -0.4 is 10.9 Å². The number of hydrogen-bond donors (Lipinski definition) is 2. The molecule has 0 radical (unpaired) electrons. The Labute approximate surface area is 235 Å². The van der Waals surface area contributed by atoms with Gasteiger partial charge < -0.3 is 0 Å². The first kappa shape index (κ1) is 30.7. The Bertz CT molecular complexity index is 1400. The Morgan fingerprint density at radius 3 is 2.10 bits per heavy atom. The number of nitrogens with zero attached hydrogens (tertiary/aromatic N) is 2. The molecule has 0 aliphatic heterocycles. The van der Waals surface area contributed by atoms with Crippen LogP contribution in [0.5, 0.6) is 0 Å². The van der Waals surface area contributed by atoms with E-state index in [0.29, 0.717) is 6.07 Å². The number of allylic oxidation sites excluding steroid dienone is 1. The highest BCUT2D eigenvalue weighted by atomic mass is 35.5. The first-order chi connectivity index (χ1) is 18.0. The van der Waals surface area contributed by atoms with Crippen molar-refractivity contribution in [1.82, 2.24) is 15.4 Å². The molecule has 0 fully saturated rings. The van der Waals surface area contributed by atoms with Gasteiger partial charge >= 0.3 is 12.4 Å². The fourth-order valence-electron chi connectivity index (χ4n) is 3.29. The maximum Gasteiger partial charge on any atom is 0.417 e. The molecule has 1 amide bonds. The number of benzene rings is 2. The lowest BCUT2D eigenvalue weighted by atomic mass is 9.95. The highest BCUT2D eigenvalue weighted by Gasteiger charge is 2.41. The molecule has 2 N–H and O–H groups in total. The minimum Gasteiger partial charge on any atom is -0.281 e. The van der Waals surface area contributed by atoms with Gasteiger partial charge in [0.2, 0.25) is 0 Å². The molecule has 1 unspecified atom stereocenters. The zero-order valence-electron chi connectivity index (χ0n) is 19.1. The monoisotopic (exact) mass is 634 g/mol. The molecule has 2 aromatic carbocycles. The number of aromatic nitrogens is 2. The van der Waals surface area contributed by atoms with Crippen LogP contribution in [-0.2, 0) is 6.18 Å². The standard InChI is InChI=1S/C23H13Cl4F7N4O/c1-9-35-18(26)8-19(36-9)37-38-21(39)12-3-2-10(4-14(12)23(32,33)34)17(28)7-13(22(29,30)31)11-5-15(24)20(27)16(25)6-11/h2-8,13H,1H3,(H,38,39)(H,35,36,37)/b17-7-. The number of alkyl halides is 6. The maximum atomic E-state index is 15.0. The van der Waals surface area contributed by atoms with Gasteiger partial charge in [-0.1, -0.05) is 52.5 Å². The van der Waals surface area contributed by atoms with E-state index in [1.54, 1.807) is 0 Å². The molecule has 1 heterocycles. The summed E-state index contributed by atoms with van der Waals surface area (Å²) in [5.74, 6) is -5.44. The Hall–Kier alpha value is -2.80. The Kier molecular flexibility index (Phi) is 9.26. The lowest BCUT2D eigenvalue weighted by Crippen LogP contribution is -2.31. The second kappa shape index (κ2) is 11.7. The number of carbonyl (C=O) groups is 1. The molecule has 16 heteroatoms. The van der Waals surface area contributed by atoms with Gasteiger partial charge in [-0.3, -0.25) is 15.6 Å². The van der Waals surface area contributed by atoms with Gasteiger partial charge in [0, 0.05) is 11.6 Å². The average Bonchev–Trinajstić information content (AvgIpc) is 2.81. The van der Waals surface area contributed by atoms with Gasteiger partial charge in [0.25, 0.3) is 5.91 Å². The normalized spacial score (nSPS) is 13.3. The number of hydrazine groups is 1. The van der Waals surface area contributed by atoms with Crippen LogP contribution in [-0.4, -0.2) is 22.1 Å². The molecular weight excluding hydrogens is 623 g/mol. The van der Waals surface area contributed by atoms with Crippen LogP contribution in [0.4, 0.5) is 36.6 Å². The van der Waals surface area contributed by atoms with Crippen LogP contribution in [0.3, 0.4) is 0 Å². The van der Waals surface area contributed by atoms with Crippen LogP contribution >= 0.6 is 46.4 Å². The molecule has 1 aromatic heterocycles. The van der Waals surface area contributed by atoms with Crippen LogP contribution in [0.25, 0.3) is 5.83 Å². The van der Waals surface area contributed by atoms with Crippen molar-refractivity contribution in [1.29, 1.82) is 0 Å². The van der Waals surface area contributed by atoms with E-state index in [1.165, 1.54) is 13.0 Å². The number of anilines is 1. The van der Waals surface area contributed by atoms with E-state index < -0.39 is 52.3 Å². The molecule has 208 valence electrons. The van der Waals surface area contributed by atoms with Crippen molar-refractivity contribution in [2.75, 3.05) is 5.43 Å². The summed E-state index contributed by atoms with van der Waals surface area (Å²) in [6.07, 6.45) is -10.2. The number of halogens is 11. The van der Waals surface area contributed by atoms with E-state index in [4.69, 9.17) is 46.4 Å². The molecular formula is C23H13Cl4F7N4O. The second-order valence-electron chi connectivity index (χ2n) is 7.79. The fraction of sp³-hybridized carbons (Fsp3) is 0.174. The molecule has 0 saturated carbocycles. The molecule has 5 nitrogen and oxygen atoms in total. The first-order valence-corrected chi connectivity index (χ1v) is 11.9. The smallest absolute Gasteiger partial charge is 0.281 e. The summed E-state index contributed by atoms with van der Waals surface area (Å²) >= 11 is 23.1. The molecule has 39 heavy (non-hydrogen) atoms. The van der Waals surface area contributed by atoms with E-state index in [1.807, 2.05) is 5.43 Å². The van der Waals surface area contributed by atoms with Gasteiger partial charge in [-0.05, 0) is 42.8 Å². The van der Waals surface area contributed by atoms with E-state index in [2.05, 4.69) is 15.4 Å². The topological polar surface area (TPSA) is 66.9 Å². The first-order valence-electron chi connectivity index (χ1n) is 10.3. The van der Waals surface area contributed by atoms with Crippen molar-refractivity contribution in [3.63, 3.8) is 0 Å². The molecule has 3 aromatic rings. The average molecular weight is 636 g/mol. The van der Waals surface area contributed by atoms with Crippen LogP contribution in [0.15, 0.2) is 42.5 Å². The van der Waals surface area contributed by atoms with Gasteiger partial charge in [-0.25, -0.2) is 14.4 Å². The lowest BCUT2D eigenvalue weighted by Gasteiger charge is -2.19. The molecule has 0 spiro atoms. The number of hydrogen-bond acceptors (Lipinski definition) is 4. The van der Waals surface area contributed by atoms with Gasteiger partial charge in [0.05, 0.1) is 26.2 Å². The van der Waals surface area contributed by atoms with Gasteiger partial charge in [0.1, 0.15) is 28.5 Å². The minimum atomic E-state index is -5.18. The van der Waals surface area contributed by atoms with Crippen LogP contribution in [0, 0.1) is 6.92 Å². The predicted molar refractivity (Wildman–Crippen MR) is 134 cm³/mol.